The Morgan fingerprint density at radius 1 is 1.50 bits per heavy atom. The van der Waals surface area contributed by atoms with Gasteiger partial charge < -0.3 is 4.74 Å². The highest BCUT2D eigenvalue weighted by atomic mass is 16.5. The number of hydrogen-bond acceptors (Lipinski definition) is 5. The number of ketones is 1. The number of rotatable bonds is 3. The summed E-state index contributed by atoms with van der Waals surface area (Å²) in [5.41, 5.74) is 2.57. The monoisotopic (exact) mass is 198 g/mol. The van der Waals surface area contributed by atoms with E-state index in [2.05, 4.69) is 15.3 Å². The number of Topliss-reactive ketones (excluding diaryl/α,β-unsaturated/α-hetero) is 1. The molecule has 2 unspecified atom stereocenters. The second-order valence-corrected chi connectivity index (χ2v) is 3.49. The van der Waals surface area contributed by atoms with E-state index < -0.39 is 17.9 Å². The lowest BCUT2D eigenvalue weighted by Gasteiger charge is -2.16. The Labute approximate surface area is 82.5 Å². The number of carbonyl (C=O) groups is 2. The van der Waals surface area contributed by atoms with E-state index in [1.165, 1.54) is 13.3 Å². The number of hydrogen-bond donors (Lipinski definition) is 1. The van der Waals surface area contributed by atoms with Crippen molar-refractivity contribution in [3.8, 4) is 0 Å². The first-order valence-corrected chi connectivity index (χ1v) is 4.48. The van der Waals surface area contributed by atoms with E-state index in [1.54, 1.807) is 13.8 Å². The molecule has 0 amide bonds. The topological polar surface area (TPSA) is 67.8 Å². The second kappa shape index (κ2) is 4.21. The maximum Gasteiger partial charge on any atom is 0.331 e. The molecule has 0 saturated carbocycles. The van der Waals surface area contributed by atoms with E-state index in [1.807, 2.05) is 0 Å². The molecule has 2 atom stereocenters. The van der Waals surface area contributed by atoms with Gasteiger partial charge in [0, 0.05) is 12.1 Å². The van der Waals surface area contributed by atoms with Gasteiger partial charge in [-0.2, -0.15) is 5.10 Å². The van der Waals surface area contributed by atoms with Gasteiger partial charge in [-0.1, -0.05) is 13.8 Å². The second-order valence-electron chi connectivity index (χ2n) is 3.49. The van der Waals surface area contributed by atoms with Crippen LogP contribution in [-0.2, 0) is 14.3 Å². The van der Waals surface area contributed by atoms with Crippen molar-refractivity contribution in [1.29, 1.82) is 0 Å². The lowest BCUT2D eigenvalue weighted by Crippen LogP contribution is -2.41. The van der Waals surface area contributed by atoms with Crippen LogP contribution in [0.15, 0.2) is 5.10 Å². The minimum absolute atomic E-state index is 0.00542. The zero-order chi connectivity index (χ0) is 10.7. The maximum atomic E-state index is 11.6. The van der Waals surface area contributed by atoms with E-state index in [4.69, 9.17) is 0 Å². The molecule has 0 aromatic heterocycles. The van der Waals surface area contributed by atoms with Crippen LogP contribution in [0.4, 0.5) is 0 Å². The summed E-state index contributed by atoms with van der Waals surface area (Å²) in [6.45, 7) is 3.59. The van der Waals surface area contributed by atoms with E-state index in [-0.39, 0.29) is 11.7 Å². The number of carbonyl (C=O) groups excluding carboxylic acids is 2. The summed E-state index contributed by atoms with van der Waals surface area (Å²) in [5.74, 6) is -1.07. The molecule has 14 heavy (non-hydrogen) atoms. The van der Waals surface area contributed by atoms with Crippen LogP contribution in [0.5, 0.6) is 0 Å². The number of methoxy groups -OCH3 is 1. The molecule has 0 spiro atoms. The van der Waals surface area contributed by atoms with Gasteiger partial charge in [-0.05, 0) is 0 Å². The molecule has 0 radical (unpaired) electrons. The first-order valence-electron chi connectivity index (χ1n) is 4.48. The molecule has 0 bridgehead atoms. The van der Waals surface area contributed by atoms with Crippen molar-refractivity contribution in [2.45, 2.75) is 19.9 Å². The molecule has 1 aliphatic rings. The van der Waals surface area contributed by atoms with Crippen LogP contribution in [0.3, 0.4) is 0 Å². The first-order chi connectivity index (χ1) is 6.57. The third kappa shape index (κ3) is 1.92. The number of esters is 1. The van der Waals surface area contributed by atoms with E-state index in [9.17, 15) is 9.59 Å². The average Bonchev–Trinajstić information content (AvgIpc) is 2.63. The fourth-order valence-electron chi connectivity index (χ4n) is 1.32. The summed E-state index contributed by atoms with van der Waals surface area (Å²) in [5, 5.41) is 3.72. The van der Waals surface area contributed by atoms with Gasteiger partial charge in [0.2, 0.25) is 0 Å². The standard InChI is InChI=1S/C9H14N2O3/c1-5(2)8(12)6-4-10-11-7(6)9(13)14-3/h4-7,11H,1-3H3. The molecule has 1 aliphatic heterocycles. The number of ether oxygens (including phenoxy) is 1. The Bertz CT molecular complexity index is 273. The molecule has 78 valence electrons. The summed E-state index contributed by atoms with van der Waals surface area (Å²) >= 11 is 0. The zero-order valence-corrected chi connectivity index (χ0v) is 8.48. The summed E-state index contributed by atoms with van der Waals surface area (Å²) in [6.07, 6.45) is 1.46. The highest BCUT2D eigenvalue weighted by molar-refractivity contribution is 6.02. The van der Waals surface area contributed by atoms with Crippen molar-refractivity contribution >= 4 is 18.0 Å². The third-order valence-corrected chi connectivity index (χ3v) is 2.16. The third-order valence-electron chi connectivity index (χ3n) is 2.16. The Morgan fingerprint density at radius 3 is 2.64 bits per heavy atom. The van der Waals surface area contributed by atoms with E-state index >= 15 is 0 Å². The predicted molar refractivity (Wildman–Crippen MR) is 50.8 cm³/mol. The van der Waals surface area contributed by atoms with Crippen LogP contribution in [0, 0.1) is 11.8 Å². The summed E-state index contributed by atoms with van der Waals surface area (Å²) < 4.78 is 4.56. The van der Waals surface area contributed by atoms with Crippen molar-refractivity contribution in [1.82, 2.24) is 5.43 Å². The van der Waals surface area contributed by atoms with Crippen molar-refractivity contribution in [3.63, 3.8) is 0 Å². The van der Waals surface area contributed by atoms with E-state index in [0.29, 0.717) is 0 Å². The summed E-state index contributed by atoms with van der Waals surface area (Å²) in [6, 6.07) is -0.658. The highest BCUT2D eigenvalue weighted by Gasteiger charge is 2.37. The van der Waals surface area contributed by atoms with Gasteiger partial charge in [0.1, 0.15) is 5.78 Å². The number of hydrazone groups is 1. The SMILES string of the molecule is COC(=O)C1NN=CC1C(=O)C(C)C. The molecular formula is C9H14N2O3. The van der Waals surface area contributed by atoms with Crippen LogP contribution in [-0.4, -0.2) is 31.1 Å². The van der Waals surface area contributed by atoms with E-state index in [0.717, 1.165) is 0 Å². The molecule has 5 heteroatoms. The zero-order valence-electron chi connectivity index (χ0n) is 8.48. The largest absolute Gasteiger partial charge is 0.467 e. The molecule has 1 heterocycles. The molecule has 1 N–H and O–H groups in total. The number of nitrogens with zero attached hydrogens (tertiary/aromatic N) is 1. The maximum absolute atomic E-state index is 11.6. The van der Waals surface area contributed by atoms with Gasteiger partial charge in [0.25, 0.3) is 0 Å². The van der Waals surface area contributed by atoms with Crippen LogP contribution in [0.25, 0.3) is 0 Å². The van der Waals surface area contributed by atoms with Crippen LogP contribution >= 0.6 is 0 Å². The molecule has 0 aromatic carbocycles. The van der Waals surface area contributed by atoms with Gasteiger partial charge in [0.05, 0.1) is 13.0 Å². The van der Waals surface area contributed by atoms with Crippen LogP contribution in [0.1, 0.15) is 13.8 Å². The van der Waals surface area contributed by atoms with Gasteiger partial charge in [-0.15, -0.1) is 0 Å². The molecule has 1 rings (SSSR count). The van der Waals surface area contributed by atoms with Crippen molar-refractivity contribution in [2.24, 2.45) is 16.9 Å². The Morgan fingerprint density at radius 2 is 2.14 bits per heavy atom. The Hall–Kier alpha value is -1.39. The quantitative estimate of drug-likeness (QED) is 0.646. The molecule has 0 aromatic rings. The lowest BCUT2D eigenvalue weighted by atomic mass is 9.91. The lowest BCUT2D eigenvalue weighted by molar-refractivity contribution is -0.145. The minimum atomic E-state index is -0.658. The Kier molecular flexibility index (Phi) is 3.22. The smallest absolute Gasteiger partial charge is 0.331 e. The van der Waals surface area contributed by atoms with Gasteiger partial charge >= 0.3 is 5.97 Å². The normalized spacial score (nSPS) is 24.9. The van der Waals surface area contributed by atoms with Gasteiger partial charge in [-0.3, -0.25) is 10.2 Å². The fourth-order valence-corrected chi connectivity index (χ4v) is 1.32. The van der Waals surface area contributed by atoms with Gasteiger partial charge in [0.15, 0.2) is 6.04 Å². The molecule has 5 nitrogen and oxygen atoms in total. The molecule has 0 saturated heterocycles. The Balaban J connectivity index is 2.72. The fraction of sp³-hybridized carbons (Fsp3) is 0.667. The van der Waals surface area contributed by atoms with Crippen LogP contribution < -0.4 is 5.43 Å². The molecule has 0 aliphatic carbocycles. The first kappa shape index (κ1) is 10.7. The van der Waals surface area contributed by atoms with Gasteiger partial charge in [-0.25, -0.2) is 4.79 Å². The predicted octanol–water partition coefficient (Wildman–Crippen LogP) is -0.0417. The van der Waals surface area contributed by atoms with Crippen LogP contribution in [0.2, 0.25) is 0 Å². The highest BCUT2D eigenvalue weighted by Crippen LogP contribution is 2.14. The van der Waals surface area contributed by atoms with Crippen molar-refractivity contribution in [3.05, 3.63) is 0 Å². The molecular weight excluding hydrogens is 184 g/mol. The summed E-state index contributed by atoms with van der Waals surface area (Å²) in [7, 11) is 1.29. The average molecular weight is 198 g/mol. The van der Waals surface area contributed by atoms with Crippen molar-refractivity contribution in [2.75, 3.05) is 7.11 Å². The molecule has 0 fully saturated rings. The van der Waals surface area contributed by atoms with Crippen molar-refractivity contribution < 1.29 is 14.3 Å². The summed E-state index contributed by atoms with van der Waals surface area (Å²) in [4.78, 5) is 22.9. The minimum Gasteiger partial charge on any atom is -0.467 e. The number of nitrogens with one attached hydrogen (secondary N) is 1.